The van der Waals surface area contributed by atoms with Crippen molar-refractivity contribution in [3.8, 4) is 5.75 Å². The minimum atomic E-state index is -1.71. The maximum absolute atomic E-state index is 10.2. The molecule has 0 saturated carbocycles. The Kier molecular flexibility index (Phi) is 4.23. The molecule has 1 N–H and O–H groups in total. The Labute approximate surface area is 152 Å². The van der Waals surface area contributed by atoms with Crippen molar-refractivity contribution in [2.24, 2.45) is 0 Å². The number of hydrogen-bond acceptors (Lipinski definition) is 4. The lowest BCUT2D eigenvalue weighted by molar-refractivity contribution is 0.157. The van der Waals surface area contributed by atoms with E-state index >= 15 is 0 Å². The summed E-state index contributed by atoms with van der Waals surface area (Å²) in [6.07, 6.45) is 0. The van der Waals surface area contributed by atoms with Gasteiger partial charge in [0.15, 0.2) is 0 Å². The van der Waals surface area contributed by atoms with Crippen molar-refractivity contribution in [2.75, 3.05) is 0 Å². The summed E-state index contributed by atoms with van der Waals surface area (Å²) in [5, 5.41) is 12.1. The van der Waals surface area contributed by atoms with Gasteiger partial charge in [-0.3, -0.25) is 4.52 Å². The van der Waals surface area contributed by atoms with Crippen molar-refractivity contribution in [1.29, 1.82) is 0 Å². The number of benzene rings is 3. The molecule has 0 aliphatic heterocycles. The second kappa shape index (κ2) is 6.56. The van der Waals surface area contributed by atoms with Crippen LogP contribution in [0, 0.1) is 0 Å². The second-order valence-corrected chi connectivity index (χ2v) is 7.51. The fourth-order valence-corrected chi connectivity index (χ4v) is 4.19. The van der Waals surface area contributed by atoms with E-state index in [-0.39, 0.29) is 5.75 Å². The summed E-state index contributed by atoms with van der Waals surface area (Å²) in [7, 11) is -1.71. The van der Waals surface area contributed by atoms with E-state index in [2.05, 4.69) is 0 Å². The van der Waals surface area contributed by atoms with Gasteiger partial charge >= 0.3 is 8.24 Å². The van der Waals surface area contributed by atoms with Crippen LogP contribution in [0.5, 0.6) is 5.75 Å². The molecule has 0 bridgehead atoms. The number of fused-ring (bicyclic) bond motifs is 3. The van der Waals surface area contributed by atoms with Gasteiger partial charge in [-0.2, -0.15) is 0 Å². The summed E-state index contributed by atoms with van der Waals surface area (Å²) in [6, 6.07) is 22.8. The largest absolute Gasteiger partial charge is 0.508 e. The van der Waals surface area contributed by atoms with Crippen LogP contribution in [0.15, 0.2) is 81.2 Å². The Hall–Kier alpha value is -2.68. The van der Waals surface area contributed by atoms with Gasteiger partial charge in [0.2, 0.25) is 0 Å². The van der Waals surface area contributed by atoms with Crippen LogP contribution in [0.2, 0.25) is 0 Å². The van der Waals surface area contributed by atoms with Gasteiger partial charge in [-0.15, -0.1) is 0 Å². The number of para-hydroxylation sites is 3. The first-order valence-corrected chi connectivity index (χ1v) is 9.46. The van der Waals surface area contributed by atoms with Crippen LogP contribution in [-0.2, 0) is 5.60 Å². The van der Waals surface area contributed by atoms with Crippen LogP contribution in [-0.4, -0.2) is 5.11 Å². The molecule has 0 amide bonds. The van der Waals surface area contributed by atoms with Gasteiger partial charge in [0.25, 0.3) is 0 Å². The molecule has 3 aromatic carbocycles. The van der Waals surface area contributed by atoms with Crippen molar-refractivity contribution in [3.05, 3.63) is 78.4 Å². The van der Waals surface area contributed by atoms with E-state index in [0.29, 0.717) is 5.56 Å². The molecule has 0 atom stereocenters. The van der Waals surface area contributed by atoms with E-state index in [1.807, 2.05) is 74.5 Å². The van der Waals surface area contributed by atoms with E-state index in [9.17, 15) is 5.11 Å². The highest BCUT2D eigenvalue weighted by atomic mass is 31.1. The molecule has 5 heteroatoms. The number of phenolic OH excluding ortho intramolecular Hbond substituents is 1. The number of hydrogen-bond donors (Lipinski definition) is 1. The van der Waals surface area contributed by atoms with Crippen LogP contribution in [0.1, 0.15) is 19.4 Å². The highest BCUT2D eigenvalue weighted by Gasteiger charge is 2.27. The lowest BCUT2D eigenvalue weighted by atomic mass is 9.98. The summed E-state index contributed by atoms with van der Waals surface area (Å²) >= 11 is 0. The van der Waals surface area contributed by atoms with Gasteiger partial charge in [0.1, 0.15) is 22.5 Å². The molecule has 0 saturated heterocycles. The average Bonchev–Trinajstić information content (AvgIpc) is 2.77. The first kappa shape index (κ1) is 16.8. The zero-order valence-electron chi connectivity index (χ0n) is 14.5. The number of aromatic hydroxyl groups is 1. The van der Waals surface area contributed by atoms with Crippen molar-refractivity contribution >= 4 is 30.2 Å². The van der Waals surface area contributed by atoms with Crippen molar-refractivity contribution < 1.29 is 18.0 Å². The van der Waals surface area contributed by atoms with Gasteiger partial charge < -0.3 is 13.5 Å². The molecule has 4 nitrogen and oxygen atoms in total. The van der Waals surface area contributed by atoms with Crippen LogP contribution < -0.4 is 4.52 Å². The van der Waals surface area contributed by atoms with Gasteiger partial charge in [0.05, 0.1) is 0 Å². The number of phenols is 1. The molecule has 4 aromatic rings. The molecule has 0 unspecified atom stereocenters. The Morgan fingerprint density at radius 3 is 1.85 bits per heavy atom. The summed E-state index contributed by atoms with van der Waals surface area (Å²) in [5.41, 5.74) is 1.33. The topological polar surface area (TPSA) is 55.7 Å². The normalized spacial score (nSPS) is 11.8. The van der Waals surface area contributed by atoms with E-state index in [1.54, 1.807) is 12.1 Å². The predicted octanol–water partition coefficient (Wildman–Crippen LogP) is 6.36. The average molecular weight is 366 g/mol. The highest BCUT2D eigenvalue weighted by Crippen LogP contribution is 2.40. The Bertz CT molecular complexity index is 1060. The summed E-state index contributed by atoms with van der Waals surface area (Å²) in [5.74, 6) is 0.183. The molecule has 0 fully saturated rings. The standard InChI is InChI=1S/C21H19O4P/c1-21(2,17-11-5-6-12-18(17)22)25-26-23-19-13-7-3-9-15(19)16-10-4-8-14-20(16)24-26/h3-14,22H,1-2H3. The third-order valence-electron chi connectivity index (χ3n) is 4.27. The van der Waals surface area contributed by atoms with E-state index < -0.39 is 13.8 Å². The van der Waals surface area contributed by atoms with Gasteiger partial charge in [0, 0.05) is 16.3 Å². The molecule has 26 heavy (non-hydrogen) atoms. The molecule has 1 heterocycles. The zero-order chi connectivity index (χ0) is 18.1. The van der Waals surface area contributed by atoms with Gasteiger partial charge in [-0.1, -0.05) is 54.6 Å². The van der Waals surface area contributed by atoms with E-state index in [1.165, 1.54) is 0 Å². The monoisotopic (exact) mass is 366 g/mol. The number of rotatable bonds is 3. The first-order valence-electron chi connectivity index (χ1n) is 8.37. The molecule has 1 aromatic heterocycles. The third kappa shape index (κ3) is 3.10. The highest BCUT2D eigenvalue weighted by molar-refractivity contribution is 7.31. The second-order valence-electron chi connectivity index (χ2n) is 6.52. The van der Waals surface area contributed by atoms with E-state index in [4.69, 9.17) is 12.9 Å². The maximum Gasteiger partial charge on any atom is 0.388 e. The molecule has 132 valence electrons. The molecular weight excluding hydrogens is 347 g/mol. The van der Waals surface area contributed by atoms with Gasteiger partial charge in [-0.05, 0) is 32.0 Å². The van der Waals surface area contributed by atoms with Crippen LogP contribution in [0.25, 0.3) is 21.9 Å². The quantitative estimate of drug-likeness (QED) is 0.458. The lowest BCUT2D eigenvalue weighted by Crippen LogP contribution is -2.24. The molecule has 0 radical (unpaired) electrons. The molecule has 0 aliphatic rings. The smallest absolute Gasteiger partial charge is 0.388 e. The van der Waals surface area contributed by atoms with E-state index in [0.717, 1.165) is 21.9 Å². The maximum atomic E-state index is 10.2. The van der Waals surface area contributed by atoms with Crippen LogP contribution >= 0.6 is 8.24 Å². The summed E-state index contributed by atoms with van der Waals surface area (Å²) in [4.78, 5) is 0. The predicted molar refractivity (Wildman–Crippen MR) is 104 cm³/mol. The molecule has 4 rings (SSSR count). The summed E-state index contributed by atoms with van der Waals surface area (Å²) < 4.78 is 18.4. The minimum Gasteiger partial charge on any atom is -0.508 e. The summed E-state index contributed by atoms with van der Waals surface area (Å²) in [6.45, 7) is 3.78. The molecule has 0 spiro atoms. The van der Waals surface area contributed by atoms with Crippen molar-refractivity contribution in [3.63, 3.8) is 0 Å². The fraction of sp³-hybridized carbons (Fsp3) is 0.143. The first-order chi connectivity index (χ1) is 12.5. The Morgan fingerprint density at radius 1 is 0.769 bits per heavy atom. The fourth-order valence-electron chi connectivity index (χ4n) is 2.97. The SMILES string of the molecule is CC(C)(Op1oc2ccccc2c2ccccc2o1)c1ccccc1O. The Morgan fingerprint density at radius 2 is 1.27 bits per heavy atom. The van der Waals surface area contributed by atoms with Crippen LogP contribution in [0.4, 0.5) is 0 Å². The third-order valence-corrected chi connectivity index (χ3v) is 5.56. The zero-order valence-corrected chi connectivity index (χ0v) is 15.4. The molecular formula is C21H19O4P. The van der Waals surface area contributed by atoms with Gasteiger partial charge in [-0.25, -0.2) is 0 Å². The Balaban J connectivity index is 1.90. The lowest BCUT2D eigenvalue weighted by Gasteiger charge is -2.23. The van der Waals surface area contributed by atoms with Crippen molar-refractivity contribution in [2.45, 2.75) is 19.4 Å². The van der Waals surface area contributed by atoms with Crippen LogP contribution in [0.3, 0.4) is 0 Å². The van der Waals surface area contributed by atoms with Crippen molar-refractivity contribution in [1.82, 2.24) is 0 Å². The minimum absolute atomic E-state index is 0.183. The molecule has 0 aliphatic carbocycles.